The Morgan fingerprint density at radius 1 is 0.267 bits per heavy atom. The molecule has 0 aliphatic heterocycles. The third-order valence-corrected chi connectivity index (χ3v) is 14.5. The Labute approximate surface area is 466 Å². The Balaban J connectivity index is 4.00. The van der Waals surface area contributed by atoms with Crippen molar-refractivity contribution in [2.75, 3.05) is 13.2 Å². The lowest BCUT2D eigenvalue weighted by Gasteiger charge is -2.18. The number of allylic oxidation sites excluding steroid dienone is 10. The van der Waals surface area contributed by atoms with Gasteiger partial charge < -0.3 is 14.2 Å². The first-order chi connectivity index (χ1) is 37.0. The number of carbonyl (C=O) groups excluding carboxylic acids is 3. The van der Waals surface area contributed by atoms with Crippen molar-refractivity contribution < 1.29 is 28.6 Å². The first-order valence-electron chi connectivity index (χ1n) is 32.8. The van der Waals surface area contributed by atoms with Crippen molar-refractivity contribution in [1.29, 1.82) is 0 Å². The molecule has 6 nitrogen and oxygen atoms in total. The van der Waals surface area contributed by atoms with Gasteiger partial charge in [0.15, 0.2) is 6.10 Å². The normalized spacial score (nSPS) is 12.4. The second-order valence-corrected chi connectivity index (χ2v) is 22.0. The quantitative estimate of drug-likeness (QED) is 0.0261. The highest BCUT2D eigenvalue weighted by molar-refractivity contribution is 5.71. The van der Waals surface area contributed by atoms with Crippen LogP contribution in [0.1, 0.15) is 342 Å². The zero-order chi connectivity index (χ0) is 54.3. The zero-order valence-corrected chi connectivity index (χ0v) is 50.1. The summed E-state index contributed by atoms with van der Waals surface area (Å²) < 4.78 is 16.8. The van der Waals surface area contributed by atoms with Crippen LogP contribution in [0.4, 0.5) is 0 Å². The van der Waals surface area contributed by atoms with Crippen molar-refractivity contribution in [3.63, 3.8) is 0 Å². The SMILES string of the molecule is CCCCCCC/C=C\C/C=C\C/C=C\CCCCCCCCCCC(=O)OC(COC(=O)CCCCCCC)COC(=O)CCCCCCCCCCCCCCCCCCC/C=C\C/C=C\CCCCCCC. The summed E-state index contributed by atoms with van der Waals surface area (Å²) in [6, 6.07) is 0. The second kappa shape index (κ2) is 63.6. The molecular weight excluding hydrogens is 925 g/mol. The van der Waals surface area contributed by atoms with Crippen LogP contribution in [0, 0.1) is 0 Å². The molecule has 0 aromatic carbocycles. The fraction of sp³-hybridized carbons (Fsp3) is 0.812. The van der Waals surface area contributed by atoms with Crippen LogP contribution in [0.5, 0.6) is 0 Å². The summed E-state index contributed by atoms with van der Waals surface area (Å²) in [6.45, 7) is 6.57. The minimum absolute atomic E-state index is 0.0747. The topological polar surface area (TPSA) is 78.9 Å². The van der Waals surface area contributed by atoms with Gasteiger partial charge >= 0.3 is 17.9 Å². The molecule has 0 aliphatic rings. The van der Waals surface area contributed by atoms with Crippen molar-refractivity contribution in [3.05, 3.63) is 60.8 Å². The summed E-state index contributed by atoms with van der Waals surface area (Å²) >= 11 is 0. The number of carbonyl (C=O) groups is 3. The molecule has 0 heterocycles. The number of hydrogen-bond acceptors (Lipinski definition) is 6. The molecule has 0 aromatic rings. The van der Waals surface area contributed by atoms with Crippen LogP contribution in [0.15, 0.2) is 60.8 Å². The number of esters is 3. The summed E-state index contributed by atoms with van der Waals surface area (Å²) in [5.41, 5.74) is 0. The number of unbranched alkanes of at least 4 members (excludes halogenated alkanes) is 39. The Hall–Kier alpha value is -2.89. The van der Waals surface area contributed by atoms with E-state index in [9.17, 15) is 14.4 Å². The van der Waals surface area contributed by atoms with Gasteiger partial charge in [-0.15, -0.1) is 0 Å². The third-order valence-electron chi connectivity index (χ3n) is 14.5. The first-order valence-corrected chi connectivity index (χ1v) is 32.8. The highest BCUT2D eigenvalue weighted by atomic mass is 16.6. The van der Waals surface area contributed by atoms with E-state index < -0.39 is 6.10 Å². The van der Waals surface area contributed by atoms with E-state index in [-0.39, 0.29) is 31.1 Å². The predicted molar refractivity (Wildman–Crippen MR) is 325 cm³/mol. The summed E-state index contributed by atoms with van der Waals surface area (Å²) in [4.78, 5) is 37.9. The Kier molecular flexibility index (Phi) is 61.2. The second-order valence-electron chi connectivity index (χ2n) is 22.0. The molecule has 75 heavy (non-hydrogen) atoms. The van der Waals surface area contributed by atoms with Gasteiger partial charge in [0.2, 0.25) is 0 Å². The number of hydrogen-bond donors (Lipinski definition) is 0. The molecule has 0 saturated heterocycles. The van der Waals surface area contributed by atoms with Gasteiger partial charge in [0.1, 0.15) is 13.2 Å². The lowest BCUT2D eigenvalue weighted by Crippen LogP contribution is -2.30. The van der Waals surface area contributed by atoms with Gasteiger partial charge in [0.25, 0.3) is 0 Å². The minimum Gasteiger partial charge on any atom is -0.462 e. The van der Waals surface area contributed by atoms with Crippen molar-refractivity contribution in [2.45, 2.75) is 348 Å². The molecule has 1 unspecified atom stereocenters. The maximum Gasteiger partial charge on any atom is 0.306 e. The van der Waals surface area contributed by atoms with E-state index in [0.29, 0.717) is 19.3 Å². The van der Waals surface area contributed by atoms with Gasteiger partial charge in [-0.1, -0.05) is 293 Å². The van der Waals surface area contributed by atoms with Gasteiger partial charge in [0.05, 0.1) is 0 Å². The fourth-order valence-electron chi connectivity index (χ4n) is 9.54. The third kappa shape index (κ3) is 61.8. The molecule has 0 bridgehead atoms. The number of ether oxygens (including phenoxy) is 3. The van der Waals surface area contributed by atoms with Crippen LogP contribution in [0.2, 0.25) is 0 Å². The monoisotopic (exact) mass is 1050 g/mol. The smallest absolute Gasteiger partial charge is 0.306 e. The number of rotatable bonds is 60. The van der Waals surface area contributed by atoms with Crippen molar-refractivity contribution in [2.24, 2.45) is 0 Å². The molecular formula is C69H124O6. The summed E-state index contributed by atoms with van der Waals surface area (Å²) in [6.07, 6.45) is 81.4. The molecule has 0 spiro atoms. The average molecular weight is 1050 g/mol. The van der Waals surface area contributed by atoms with Gasteiger partial charge in [-0.25, -0.2) is 0 Å². The summed E-state index contributed by atoms with van der Waals surface area (Å²) in [7, 11) is 0. The molecule has 0 aromatic heterocycles. The molecule has 0 fully saturated rings. The van der Waals surface area contributed by atoms with Crippen molar-refractivity contribution in [1.82, 2.24) is 0 Å². The standard InChI is InChI=1S/C69H124O6/c1-4-7-10-13-15-17-19-21-23-25-27-29-31-32-33-34-35-36-38-39-41-43-45-47-49-51-53-56-59-62-68(71)74-65-66(64-73-67(70)61-58-55-12-9-6-3)75-69(72)63-60-57-54-52-50-48-46-44-42-40-37-30-28-26-24-22-20-18-16-14-11-8-5-2/h19-22,25-28,37,40,66H,4-18,23-24,29-36,38-39,41-65H2,1-3H3/b21-19-,22-20-,27-25-,28-26-,40-37-. The van der Waals surface area contributed by atoms with Crippen LogP contribution in [-0.4, -0.2) is 37.2 Å². The van der Waals surface area contributed by atoms with Crippen LogP contribution in [0.25, 0.3) is 0 Å². The summed E-state index contributed by atoms with van der Waals surface area (Å²) in [5, 5.41) is 0. The van der Waals surface area contributed by atoms with Crippen molar-refractivity contribution in [3.8, 4) is 0 Å². The van der Waals surface area contributed by atoms with E-state index in [2.05, 4.69) is 81.5 Å². The fourth-order valence-corrected chi connectivity index (χ4v) is 9.54. The van der Waals surface area contributed by atoms with Gasteiger partial charge in [-0.05, 0) is 89.9 Å². The molecule has 0 saturated carbocycles. The highest BCUT2D eigenvalue weighted by Gasteiger charge is 2.19. The van der Waals surface area contributed by atoms with E-state index in [0.717, 1.165) is 89.9 Å². The lowest BCUT2D eigenvalue weighted by molar-refractivity contribution is -0.167. The van der Waals surface area contributed by atoms with E-state index in [1.54, 1.807) is 0 Å². The maximum atomic E-state index is 12.8. The van der Waals surface area contributed by atoms with Gasteiger partial charge in [0, 0.05) is 19.3 Å². The van der Waals surface area contributed by atoms with E-state index in [4.69, 9.17) is 14.2 Å². The summed E-state index contributed by atoms with van der Waals surface area (Å²) in [5.74, 6) is -0.881. The largest absolute Gasteiger partial charge is 0.462 e. The molecule has 1 atom stereocenters. The van der Waals surface area contributed by atoms with Crippen molar-refractivity contribution >= 4 is 17.9 Å². The Morgan fingerprint density at radius 2 is 0.480 bits per heavy atom. The van der Waals surface area contributed by atoms with E-state index in [1.807, 2.05) is 0 Å². The van der Waals surface area contributed by atoms with Crippen LogP contribution >= 0.6 is 0 Å². The lowest BCUT2D eigenvalue weighted by atomic mass is 10.0. The van der Waals surface area contributed by atoms with Crippen LogP contribution in [0.3, 0.4) is 0 Å². The molecule has 0 aliphatic carbocycles. The zero-order valence-electron chi connectivity index (χ0n) is 50.1. The highest BCUT2D eigenvalue weighted by Crippen LogP contribution is 2.17. The van der Waals surface area contributed by atoms with E-state index >= 15 is 0 Å². The van der Waals surface area contributed by atoms with E-state index in [1.165, 1.54) is 212 Å². The molecule has 6 heteroatoms. The first kappa shape index (κ1) is 72.1. The molecule has 0 N–H and O–H groups in total. The minimum atomic E-state index is -0.774. The average Bonchev–Trinajstić information content (AvgIpc) is 3.41. The maximum absolute atomic E-state index is 12.8. The Bertz CT molecular complexity index is 1340. The molecule has 436 valence electrons. The predicted octanol–water partition coefficient (Wildman–Crippen LogP) is 22.3. The molecule has 0 radical (unpaired) electrons. The van der Waals surface area contributed by atoms with Gasteiger partial charge in [-0.3, -0.25) is 14.4 Å². The van der Waals surface area contributed by atoms with Gasteiger partial charge in [-0.2, -0.15) is 0 Å². The Morgan fingerprint density at radius 3 is 0.747 bits per heavy atom. The molecule has 0 amide bonds. The van der Waals surface area contributed by atoms with Crippen LogP contribution < -0.4 is 0 Å². The van der Waals surface area contributed by atoms with Crippen LogP contribution in [-0.2, 0) is 28.6 Å². The molecule has 0 rings (SSSR count).